The number of urea groups is 1. The predicted molar refractivity (Wildman–Crippen MR) is 69.3 cm³/mol. The van der Waals surface area contributed by atoms with Gasteiger partial charge in [0.15, 0.2) is 0 Å². The van der Waals surface area contributed by atoms with Gasteiger partial charge in [-0.15, -0.1) is 0 Å². The zero-order valence-electron chi connectivity index (χ0n) is 11.2. The Morgan fingerprint density at radius 2 is 2.10 bits per heavy atom. The number of ether oxygens (including phenoxy) is 1. The van der Waals surface area contributed by atoms with Crippen LogP contribution in [0.5, 0.6) is 0 Å². The molecule has 21 heavy (non-hydrogen) atoms. The fraction of sp³-hybridized carbons (Fsp3) is 0.385. The summed E-state index contributed by atoms with van der Waals surface area (Å²) in [5, 5.41) is 11.1. The molecule has 1 fully saturated rings. The van der Waals surface area contributed by atoms with E-state index in [1.165, 1.54) is 4.90 Å². The molecule has 1 aromatic carbocycles. The molecule has 1 heterocycles. The Hall–Kier alpha value is -2.22. The van der Waals surface area contributed by atoms with E-state index in [1.54, 1.807) is 6.92 Å². The molecule has 0 saturated carbocycles. The first-order chi connectivity index (χ1) is 9.90. The van der Waals surface area contributed by atoms with Crippen molar-refractivity contribution in [2.24, 2.45) is 0 Å². The summed E-state index contributed by atoms with van der Waals surface area (Å²) in [6.45, 7) is 2.83. The van der Waals surface area contributed by atoms with Gasteiger partial charge < -0.3 is 20.1 Å². The summed E-state index contributed by atoms with van der Waals surface area (Å²) in [6.07, 6.45) is 0. The number of hydrogen-bond acceptors (Lipinski definition) is 3. The van der Waals surface area contributed by atoms with Crippen molar-refractivity contribution in [3.05, 3.63) is 29.3 Å². The highest BCUT2D eigenvalue weighted by atomic mass is 19.1. The van der Waals surface area contributed by atoms with Crippen molar-refractivity contribution >= 4 is 17.7 Å². The van der Waals surface area contributed by atoms with Crippen LogP contribution in [-0.2, 0) is 4.74 Å². The number of hydrogen-bond donors (Lipinski definition) is 2. The Morgan fingerprint density at radius 3 is 2.71 bits per heavy atom. The highest BCUT2D eigenvalue weighted by Gasteiger charge is 2.25. The standard InChI is InChI=1S/C13H14F2N2O4/c1-7-6-21-3-2-17(7)13(20)16-11-4-8(12(18)19)9(14)5-10(11)15/h4-5,7H,2-3,6H2,1H3,(H,16,20)(H,18,19). The number of anilines is 1. The van der Waals surface area contributed by atoms with Gasteiger partial charge in [-0.25, -0.2) is 18.4 Å². The van der Waals surface area contributed by atoms with E-state index in [2.05, 4.69) is 5.32 Å². The zero-order valence-corrected chi connectivity index (χ0v) is 11.2. The van der Waals surface area contributed by atoms with E-state index in [0.29, 0.717) is 25.8 Å². The highest BCUT2D eigenvalue weighted by Crippen LogP contribution is 2.20. The van der Waals surface area contributed by atoms with Crippen LogP contribution in [0.15, 0.2) is 12.1 Å². The van der Waals surface area contributed by atoms with E-state index in [0.717, 1.165) is 6.07 Å². The third kappa shape index (κ3) is 3.27. The molecule has 2 N–H and O–H groups in total. The van der Waals surface area contributed by atoms with E-state index < -0.39 is 29.2 Å². The highest BCUT2D eigenvalue weighted by molar-refractivity contribution is 5.93. The summed E-state index contributed by atoms with van der Waals surface area (Å²) < 4.78 is 32.1. The van der Waals surface area contributed by atoms with Gasteiger partial charge in [-0.3, -0.25) is 0 Å². The smallest absolute Gasteiger partial charge is 0.338 e. The van der Waals surface area contributed by atoms with Crippen molar-refractivity contribution in [2.75, 3.05) is 25.1 Å². The minimum absolute atomic E-state index is 0.193. The molecule has 1 aliphatic rings. The van der Waals surface area contributed by atoms with Crippen LogP contribution in [0.4, 0.5) is 19.3 Å². The Labute approximate surface area is 119 Å². The maximum atomic E-state index is 13.6. The number of carbonyl (C=O) groups is 2. The largest absolute Gasteiger partial charge is 0.478 e. The molecule has 2 amide bonds. The van der Waals surface area contributed by atoms with Gasteiger partial charge in [0.2, 0.25) is 0 Å². The minimum Gasteiger partial charge on any atom is -0.478 e. The summed E-state index contributed by atoms with van der Waals surface area (Å²) in [7, 11) is 0. The minimum atomic E-state index is -1.54. The molecule has 0 radical (unpaired) electrons. The van der Waals surface area contributed by atoms with Crippen LogP contribution in [0.25, 0.3) is 0 Å². The fourth-order valence-corrected chi connectivity index (χ4v) is 2.02. The number of nitrogens with zero attached hydrogens (tertiary/aromatic N) is 1. The van der Waals surface area contributed by atoms with Crippen molar-refractivity contribution < 1.29 is 28.2 Å². The quantitative estimate of drug-likeness (QED) is 0.874. The fourth-order valence-electron chi connectivity index (χ4n) is 2.02. The Balaban J connectivity index is 2.20. The van der Waals surface area contributed by atoms with Gasteiger partial charge in [0, 0.05) is 12.6 Å². The number of carboxylic acid groups (broad SMARTS) is 1. The van der Waals surface area contributed by atoms with Crippen molar-refractivity contribution in [1.82, 2.24) is 4.90 Å². The lowest BCUT2D eigenvalue weighted by atomic mass is 10.2. The Morgan fingerprint density at radius 1 is 1.38 bits per heavy atom. The molecule has 0 spiro atoms. The number of benzene rings is 1. The van der Waals surface area contributed by atoms with Gasteiger partial charge in [0.1, 0.15) is 11.6 Å². The van der Waals surface area contributed by atoms with Crippen molar-refractivity contribution in [2.45, 2.75) is 13.0 Å². The van der Waals surface area contributed by atoms with E-state index in [1.807, 2.05) is 0 Å². The van der Waals surface area contributed by atoms with Crippen LogP contribution in [0.2, 0.25) is 0 Å². The van der Waals surface area contributed by atoms with Crippen molar-refractivity contribution in [3.8, 4) is 0 Å². The van der Waals surface area contributed by atoms with Gasteiger partial charge in [-0.2, -0.15) is 0 Å². The van der Waals surface area contributed by atoms with Gasteiger partial charge in [-0.1, -0.05) is 0 Å². The topological polar surface area (TPSA) is 78.9 Å². The molecule has 1 aromatic rings. The second-order valence-corrected chi connectivity index (χ2v) is 4.66. The summed E-state index contributed by atoms with van der Waals surface area (Å²) in [6, 6.07) is 0.409. The molecule has 0 aromatic heterocycles. The Bertz CT molecular complexity index is 580. The van der Waals surface area contributed by atoms with Gasteiger partial charge >= 0.3 is 12.0 Å². The first kappa shape index (κ1) is 15.2. The van der Waals surface area contributed by atoms with Crippen LogP contribution in [0.3, 0.4) is 0 Å². The molecular weight excluding hydrogens is 286 g/mol. The van der Waals surface area contributed by atoms with Crippen LogP contribution >= 0.6 is 0 Å². The molecule has 1 aliphatic heterocycles. The predicted octanol–water partition coefficient (Wildman–Crippen LogP) is 1.92. The summed E-state index contributed by atoms with van der Waals surface area (Å²) >= 11 is 0. The zero-order chi connectivity index (χ0) is 15.6. The second-order valence-electron chi connectivity index (χ2n) is 4.66. The molecule has 1 atom stereocenters. The Kier molecular flexibility index (Phi) is 4.37. The van der Waals surface area contributed by atoms with Crippen LogP contribution in [0.1, 0.15) is 17.3 Å². The van der Waals surface area contributed by atoms with E-state index >= 15 is 0 Å². The average Bonchev–Trinajstić information content (AvgIpc) is 2.41. The third-order valence-corrected chi connectivity index (χ3v) is 3.16. The first-order valence-electron chi connectivity index (χ1n) is 6.28. The molecule has 0 aliphatic carbocycles. The van der Waals surface area contributed by atoms with Crippen molar-refractivity contribution in [1.29, 1.82) is 0 Å². The van der Waals surface area contributed by atoms with Gasteiger partial charge in [0.05, 0.1) is 30.5 Å². The lowest BCUT2D eigenvalue weighted by Crippen LogP contribution is -2.49. The summed E-state index contributed by atoms with van der Waals surface area (Å²) in [4.78, 5) is 24.3. The number of halogens is 2. The van der Waals surface area contributed by atoms with Crippen molar-refractivity contribution in [3.63, 3.8) is 0 Å². The number of nitrogens with one attached hydrogen (secondary N) is 1. The normalized spacial score (nSPS) is 18.4. The molecule has 114 valence electrons. The van der Waals surface area contributed by atoms with Gasteiger partial charge in [-0.05, 0) is 13.0 Å². The molecule has 8 heteroatoms. The molecule has 6 nitrogen and oxygen atoms in total. The number of morpholine rings is 1. The molecular formula is C13H14F2N2O4. The summed E-state index contributed by atoms with van der Waals surface area (Å²) in [5.74, 6) is -3.77. The second kappa shape index (κ2) is 6.04. The average molecular weight is 300 g/mol. The molecule has 1 saturated heterocycles. The van der Waals surface area contributed by atoms with Crippen LogP contribution < -0.4 is 5.32 Å². The monoisotopic (exact) mass is 300 g/mol. The number of amides is 2. The number of aromatic carboxylic acids is 1. The summed E-state index contributed by atoms with van der Waals surface area (Å²) in [5.41, 5.74) is -1.08. The van der Waals surface area contributed by atoms with E-state index in [-0.39, 0.29) is 11.7 Å². The number of carboxylic acids is 1. The molecule has 2 rings (SSSR count). The molecule has 1 unspecified atom stereocenters. The van der Waals surface area contributed by atoms with Crippen LogP contribution in [0, 0.1) is 11.6 Å². The maximum Gasteiger partial charge on any atom is 0.338 e. The van der Waals surface area contributed by atoms with Gasteiger partial charge in [0.25, 0.3) is 0 Å². The third-order valence-electron chi connectivity index (χ3n) is 3.16. The lowest BCUT2D eigenvalue weighted by molar-refractivity contribution is 0.0221. The van der Waals surface area contributed by atoms with E-state index in [9.17, 15) is 18.4 Å². The maximum absolute atomic E-state index is 13.6. The SMILES string of the molecule is CC1COCCN1C(=O)Nc1cc(C(=O)O)c(F)cc1F. The lowest BCUT2D eigenvalue weighted by Gasteiger charge is -2.33. The number of rotatable bonds is 2. The van der Waals surface area contributed by atoms with E-state index in [4.69, 9.17) is 9.84 Å². The first-order valence-corrected chi connectivity index (χ1v) is 6.28. The van der Waals surface area contributed by atoms with Crippen LogP contribution in [-0.4, -0.2) is 47.8 Å². The number of carbonyl (C=O) groups excluding carboxylic acids is 1. The molecule has 0 bridgehead atoms.